The van der Waals surface area contributed by atoms with Crippen molar-refractivity contribution in [3.8, 4) is 0 Å². The zero-order chi connectivity index (χ0) is 15.7. The van der Waals surface area contributed by atoms with Gasteiger partial charge in [-0.05, 0) is 31.4 Å². The van der Waals surface area contributed by atoms with Crippen LogP contribution < -0.4 is 10.5 Å². The maximum Gasteiger partial charge on any atom is 0.270 e. The molecule has 5 nitrogen and oxygen atoms in total. The van der Waals surface area contributed by atoms with Gasteiger partial charge in [0.15, 0.2) is 6.29 Å². The molecule has 1 fully saturated rings. The molecule has 0 unspecified atom stereocenters. The van der Waals surface area contributed by atoms with Crippen LogP contribution in [0.2, 0.25) is 0 Å². The highest BCUT2D eigenvalue weighted by atomic mass is 16.1. The summed E-state index contributed by atoms with van der Waals surface area (Å²) in [6, 6.07) is 4.07. The third-order valence-corrected chi connectivity index (χ3v) is 4.64. The molecule has 2 aromatic heterocycles. The van der Waals surface area contributed by atoms with E-state index in [2.05, 4.69) is 4.98 Å². The molecule has 1 aliphatic rings. The van der Waals surface area contributed by atoms with E-state index >= 15 is 0 Å². The average Bonchev–Trinajstić information content (AvgIpc) is 2.55. The summed E-state index contributed by atoms with van der Waals surface area (Å²) in [6.07, 6.45) is 8.12. The number of anilines is 1. The number of carbonyl (C=O) groups excluding carboxylic acids is 1. The molecule has 5 heteroatoms. The molecule has 3 rings (SSSR count). The van der Waals surface area contributed by atoms with Crippen molar-refractivity contribution in [3.63, 3.8) is 0 Å². The molecule has 2 heterocycles. The van der Waals surface area contributed by atoms with Crippen LogP contribution in [0.3, 0.4) is 0 Å². The summed E-state index contributed by atoms with van der Waals surface area (Å²) in [5.74, 6) is 0.515. The first-order valence-corrected chi connectivity index (χ1v) is 7.83. The van der Waals surface area contributed by atoms with Crippen molar-refractivity contribution in [2.45, 2.75) is 45.1 Å². The first-order chi connectivity index (χ1) is 10.6. The SMILES string of the molecule is Cc1cccn2c(=O)c(C=O)c(N(C)C3CCCCC3)nc12. The van der Waals surface area contributed by atoms with Crippen molar-refractivity contribution < 1.29 is 4.79 Å². The zero-order valence-electron chi connectivity index (χ0n) is 13.1. The first kappa shape index (κ1) is 14.8. The molecule has 0 radical (unpaired) electrons. The van der Waals surface area contributed by atoms with Crippen molar-refractivity contribution in [1.29, 1.82) is 0 Å². The number of aryl methyl sites for hydroxylation is 1. The van der Waals surface area contributed by atoms with E-state index in [1.165, 1.54) is 23.7 Å². The largest absolute Gasteiger partial charge is 0.356 e. The van der Waals surface area contributed by atoms with Crippen molar-refractivity contribution in [2.75, 3.05) is 11.9 Å². The van der Waals surface area contributed by atoms with Crippen LogP contribution in [0.15, 0.2) is 23.1 Å². The fraction of sp³-hybridized carbons (Fsp3) is 0.471. The third-order valence-electron chi connectivity index (χ3n) is 4.64. The van der Waals surface area contributed by atoms with E-state index in [0.29, 0.717) is 23.8 Å². The topological polar surface area (TPSA) is 54.7 Å². The molecule has 0 saturated heterocycles. The van der Waals surface area contributed by atoms with Gasteiger partial charge in [-0.1, -0.05) is 25.3 Å². The maximum atomic E-state index is 12.6. The Bertz CT molecular complexity index is 760. The number of aromatic nitrogens is 2. The van der Waals surface area contributed by atoms with E-state index in [9.17, 15) is 9.59 Å². The van der Waals surface area contributed by atoms with Gasteiger partial charge in [-0.3, -0.25) is 14.0 Å². The smallest absolute Gasteiger partial charge is 0.270 e. The fourth-order valence-electron chi connectivity index (χ4n) is 3.31. The van der Waals surface area contributed by atoms with E-state index < -0.39 is 0 Å². The molecule has 2 aromatic rings. The van der Waals surface area contributed by atoms with E-state index in [-0.39, 0.29) is 11.1 Å². The fourth-order valence-corrected chi connectivity index (χ4v) is 3.31. The summed E-state index contributed by atoms with van der Waals surface area (Å²) in [6.45, 7) is 1.92. The number of rotatable bonds is 3. The van der Waals surface area contributed by atoms with Gasteiger partial charge in [-0.15, -0.1) is 0 Å². The Kier molecular flexibility index (Phi) is 3.96. The number of nitrogens with zero attached hydrogens (tertiary/aromatic N) is 3. The van der Waals surface area contributed by atoms with Crippen LogP contribution in [0.25, 0.3) is 5.65 Å². The number of pyridine rings is 1. The molecule has 22 heavy (non-hydrogen) atoms. The second-order valence-corrected chi connectivity index (χ2v) is 6.06. The molecule has 0 aliphatic heterocycles. The third kappa shape index (κ3) is 2.40. The molecule has 0 atom stereocenters. The van der Waals surface area contributed by atoms with Crippen molar-refractivity contribution in [2.24, 2.45) is 0 Å². The van der Waals surface area contributed by atoms with Crippen molar-refractivity contribution >= 4 is 17.8 Å². The van der Waals surface area contributed by atoms with Gasteiger partial charge in [-0.2, -0.15) is 0 Å². The summed E-state index contributed by atoms with van der Waals surface area (Å²) < 4.78 is 1.46. The number of fused-ring (bicyclic) bond motifs is 1. The maximum absolute atomic E-state index is 12.6. The van der Waals surface area contributed by atoms with Gasteiger partial charge >= 0.3 is 0 Å². The van der Waals surface area contributed by atoms with E-state index in [0.717, 1.165) is 18.4 Å². The minimum absolute atomic E-state index is 0.149. The van der Waals surface area contributed by atoms with Crippen LogP contribution >= 0.6 is 0 Å². The molecular formula is C17H21N3O2. The predicted molar refractivity (Wildman–Crippen MR) is 86.9 cm³/mol. The summed E-state index contributed by atoms with van der Waals surface area (Å²) >= 11 is 0. The molecule has 0 spiro atoms. The highest BCUT2D eigenvalue weighted by Crippen LogP contribution is 2.26. The molecule has 0 aromatic carbocycles. The van der Waals surface area contributed by atoms with E-state index in [4.69, 9.17) is 0 Å². The number of carbonyl (C=O) groups is 1. The molecule has 1 aliphatic carbocycles. The van der Waals surface area contributed by atoms with E-state index in [1.54, 1.807) is 12.3 Å². The normalized spacial score (nSPS) is 15.9. The molecule has 0 amide bonds. The van der Waals surface area contributed by atoms with Gasteiger partial charge in [0.25, 0.3) is 5.56 Å². The van der Waals surface area contributed by atoms with Crippen LogP contribution in [0.4, 0.5) is 5.82 Å². The molecule has 0 bridgehead atoms. The Balaban J connectivity index is 2.17. The highest BCUT2D eigenvalue weighted by Gasteiger charge is 2.23. The lowest BCUT2D eigenvalue weighted by Crippen LogP contribution is -2.36. The Morgan fingerprint density at radius 2 is 2.05 bits per heavy atom. The minimum Gasteiger partial charge on any atom is -0.356 e. The van der Waals surface area contributed by atoms with Gasteiger partial charge in [0.05, 0.1) is 0 Å². The second-order valence-electron chi connectivity index (χ2n) is 6.06. The highest BCUT2D eigenvalue weighted by molar-refractivity contribution is 5.83. The Morgan fingerprint density at radius 3 is 2.73 bits per heavy atom. The molecule has 1 saturated carbocycles. The summed E-state index contributed by atoms with van der Waals surface area (Å²) in [5, 5.41) is 0. The van der Waals surface area contributed by atoms with Gasteiger partial charge < -0.3 is 4.90 Å². The van der Waals surface area contributed by atoms with Gasteiger partial charge in [0.1, 0.15) is 17.0 Å². The van der Waals surface area contributed by atoms with Crippen LogP contribution in [0, 0.1) is 6.92 Å². The molecular weight excluding hydrogens is 278 g/mol. The summed E-state index contributed by atoms with van der Waals surface area (Å²) in [5.41, 5.74) is 1.41. The summed E-state index contributed by atoms with van der Waals surface area (Å²) in [4.78, 5) is 30.7. The Hall–Kier alpha value is -2.17. The lowest BCUT2D eigenvalue weighted by molar-refractivity contribution is 0.112. The lowest BCUT2D eigenvalue weighted by Gasteiger charge is -2.32. The number of hydrogen-bond donors (Lipinski definition) is 0. The standard InChI is InChI=1S/C17H21N3O2/c1-12-7-6-10-20-15(12)18-16(14(11-21)17(20)22)19(2)13-8-4-3-5-9-13/h6-7,10-11,13H,3-5,8-9H2,1-2H3. The van der Waals surface area contributed by atoms with Crippen LogP contribution in [-0.2, 0) is 0 Å². The first-order valence-electron chi connectivity index (χ1n) is 7.83. The average molecular weight is 299 g/mol. The summed E-state index contributed by atoms with van der Waals surface area (Å²) in [7, 11) is 1.94. The molecule has 0 N–H and O–H groups in total. The van der Waals surface area contributed by atoms with Crippen LogP contribution in [0.1, 0.15) is 48.0 Å². The number of aldehydes is 1. The van der Waals surface area contributed by atoms with Gasteiger partial charge in [0.2, 0.25) is 0 Å². The monoisotopic (exact) mass is 299 g/mol. The predicted octanol–water partition coefficient (Wildman–Crippen LogP) is 2.58. The Morgan fingerprint density at radius 1 is 1.32 bits per heavy atom. The number of hydrogen-bond acceptors (Lipinski definition) is 4. The van der Waals surface area contributed by atoms with Gasteiger partial charge in [0, 0.05) is 19.3 Å². The van der Waals surface area contributed by atoms with Crippen molar-refractivity contribution in [3.05, 3.63) is 39.8 Å². The van der Waals surface area contributed by atoms with Crippen LogP contribution in [0.5, 0.6) is 0 Å². The zero-order valence-corrected chi connectivity index (χ0v) is 13.1. The molecule has 116 valence electrons. The lowest BCUT2D eigenvalue weighted by atomic mass is 9.94. The van der Waals surface area contributed by atoms with Crippen molar-refractivity contribution in [1.82, 2.24) is 9.38 Å². The quantitative estimate of drug-likeness (QED) is 0.817. The Labute approximate surface area is 129 Å². The second kappa shape index (κ2) is 5.91. The van der Waals surface area contributed by atoms with Crippen LogP contribution in [-0.4, -0.2) is 28.8 Å². The van der Waals surface area contributed by atoms with E-state index in [1.807, 2.05) is 24.9 Å². The minimum atomic E-state index is -0.290. The van der Waals surface area contributed by atoms with Gasteiger partial charge in [-0.25, -0.2) is 4.98 Å².